The molecule has 4 heteroatoms. The Labute approximate surface area is 115 Å². The summed E-state index contributed by atoms with van der Waals surface area (Å²) in [5.41, 5.74) is 7.96. The summed E-state index contributed by atoms with van der Waals surface area (Å²) in [4.78, 5) is 0. The van der Waals surface area contributed by atoms with Crippen LogP contribution in [0.2, 0.25) is 10.0 Å². The molecule has 0 saturated carbocycles. The number of hydrogen-bond donors (Lipinski definition) is 1. The molecule has 94 valence electrons. The van der Waals surface area contributed by atoms with Gasteiger partial charge in [0.05, 0.1) is 10.0 Å². The molecule has 2 rings (SSSR count). The van der Waals surface area contributed by atoms with Crippen LogP contribution >= 0.6 is 23.2 Å². The Balaban J connectivity index is 2.13. The van der Waals surface area contributed by atoms with E-state index < -0.39 is 0 Å². The second-order valence-corrected chi connectivity index (χ2v) is 4.93. The highest BCUT2D eigenvalue weighted by Crippen LogP contribution is 2.25. The Morgan fingerprint density at radius 2 is 1.67 bits per heavy atom. The fourth-order valence-corrected chi connectivity index (χ4v) is 2.07. The molecular formula is C14H12Cl2FN. The van der Waals surface area contributed by atoms with Crippen molar-refractivity contribution in [2.24, 2.45) is 5.73 Å². The quantitative estimate of drug-likeness (QED) is 0.889. The molecule has 2 N–H and O–H groups in total. The fourth-order valence-electron chi connectivity index (χ4n) is 1.75. The minimum Gasteiger partial charge on any atom is -0.324 e. The van der Waals surface area contributed by atoms with Crippen LogP contribution in [0.15, 0.2) is 42.5 Å². The average Bonchev–Trinajstić information content (AvgIpc) is 2.34. The predicted octanol–water partition coefficient (Wildman–Crippen LogP) is 4.38. The standard InChI is InChI=1S/C14H12Cl2FN/c15-12-6-1-9(7-13(12)16)8-14(18)10-2-4-11(17)5-3-10/h1-7,14H,8,18H2. The monoisotopic (exact) mass is 283 g/mol. The van der Waals surface area contributed by atoms with Crippen LogP contribution in [-0.2, 0) is 6.42 Å². The van der Waals surface area contributed by atoms with Gasteiger partial charge in [-0.05, 0) is 41.8 Å². The summed E-state index contributed by atoms with van der Waals surface area (Å²) in [6, 6.07) is 11.4. The molecule has 2 aromatic carbocycles. The lowest BCUT2D eigenvalue weighted by Gasteiger charge is -2.12. The van der Waals surface area contributed by atoms with Gasteiger partial charge >= 0.3 is 0 Å². The van der Waals surface area contributed by atoms with Crippen molar-refractivity contribution in [2.75, 3.05) is 0 Å². The lowest BCUT2D eigenvalue weighted by molar-refractivity contribution is 0.624. The van der Waals surface area contributed by atoms with Crippen LogP contribution in [0, 0.1) is 5.82 Å². The third-order valence-electron chi connectivity index (χ3n) is 2.74. The maximum absolute atomic E-state index is 12.8. The lowest BCUT2D eigenvalue weighted by Crippen LogP contribution is -2.13. The van der Waals surface area contributed by atoms with E-state index in [0.29, 0.717) is 16.5 Å². The molecule has 0 spiro atoms. The molecule has 1 atom stereocenters. The van der Waals surface area contributed by atoms with Crippen LogP contribution in [0.3, 0.4) is 0 Å². The number of nitrogens with two attached hydrogens (primary N) is 1. The van der Waals surface area contributed by atoms with Crippen molar-refractivity contribution in [2.45, 2.75) is 12.5 Å². The van der Waals surface area contributed by atoms with E-state index in [0.717, 1.165) is 11.1 Å². The van der Waals surface area contributed by atoms with Crippen LogP contribution in [-0.4, -0.2) is 0 Å². The van der Waals surface area contributed by atoms with E-state index >= 15 is 0 Å². The first-order valence-electron chi connectivity index (χ1n) is 5.51. The van der Waals surface area contributed by atoms with Crippen molar-refractivity contribution >= 4 is 23.2 Å². The maximum Gasteiger partial charge on any atom is 0.123 e. The topological polar surface area (TPSA) is 26.0 Å². The van der Waals surface area contributed by atoms with Crippen molar-refractivity contribution in [3.63, 3.8) is 0 Å². The van der Waals surface area contributed by atoms with Crippen molar-refractivity contribution in [1.29, 1.82) is 0 Å². The van der Waals surface area contributed by atoms with Crippen LogP contribution in [0.4, 0.5) is 4.39 Å². The third-order valence-corrected chi connectivity index (χ3v) is 3.48. The van der Waals surface area contributed by atoms with E-state index in [1.807, 2.05) is 6.07 Å². The van der Waals surface area contributed by atoms with E-state index in [9.17, 15) is 4.39 Å². The molecule has 0 radical (unpaired) electrons. The predicted molar refractivity (Wildman–Crippen MR) is 73.5 cm³/mol. The molecule has 0 bridgehead atoms. The Bertz CT molecular complexity index is 540. The first kappa shape index (κ1) is 13.3. The molecule has 0 aromatic heterocycles. The van der Waals surface area contributed by atoms with Gasteiger partial charge in [-0.2, -0.15) is 0 Å². The van der Waals surface area contributed by atoms with Crippen LogP contribution in [0.1, 0.15) is 17.2 Å². The Morgan fingerprint density at radius 1 is 1.00 bits per heavy atom. The minimum atomic E-state index is -0.263. The van der Waals surface area contributed by atoms with Gasteiger partial charge in [0.1, 0.15) is 5.82 Å². The summed E-state index contributed by atoms with van der Waals surface area (Å²) in [6.07, 6.45) is 0.628. The Kier molecular flexibility index (Phi) is 4.23. The summed E-state index contributed by atoms with van der Waals surface area (Å²) < 4.78 is 12.8. The molecule has 0 aliphatic rings. The van der Waals surface area contributed by atoms with E-state index in [1.54, 1.807) is 24.3 Å². The average molecular weight is 284 g/mol. The number of rotatable bonds is 3. The molecule has 0 saturated heterocycles. The molecule has 2 aromatic rings. The minimum absolute atomic E-state index is 0.192. The Hall–Kier alpha value is -1.09. The summed E-state index contributed by atoms with van der Waals surface area (Å²) in [6.45, 7) is 0. The fraction of sp³-hybridized carbons (Fsp3) is 0.143. The van der Waals surface area contributed by atoms with Gasteiger partial charge in [-0.1, -0.05) is 41.4 Å². The zero-order valence-electron chi connectivity index (χ0n) is 9.54. The van der Waals surface area contributed by atoms with E-state index in [1.165, 1.54) is 12.1 Å². The van der Waals surface area contributed by atoms with Crippen molar-refractivity contribution < 1.29 is 4.39 Å². The van der Waals surface area contributed by atoms with E-state index in [2.05, 4.69) is 0 Å². The van der Waals surface area contributed by atoms with Gasteiger partial charge in [0, 0.05) is 6.04 Å². The van der Waals surface area contributed by atoms with Gasteiger partial charge in [-0.15, -0.1) is 0 Å². The largest absolute Gasteiger partial charge is 0.324 e. The Morgan fingerprint density at radius 3 is 2.28 bits per heavy atom. The molecule has 0 aliphatic heterocycles. The summed E-state index contributed by atoms with van der Waals surface area (Å²) in [5, 5.41) is 1.04. The summed E-state index contributed by atoms with van der Waals surface area (Å²) in [7, 11) is 0. The van der Waals surface area contributed by atoms with Crippen LogP contribution < -0.4 is 5.73 Å². The molecule has 0 aliphatic carbocycles. The molecule has 1 nitrogen and oxygen atoms in total. The molecule has 0 fully saturated rings. The number of benzene rings is 2. The van der Waals surface area contributed by atoms with Crippen molar-refractivity contribution in [3.05, 3.63) is 69.5 Å². The zero-order valence-corrected chi connectivity index (χ0v) is 11.0. The normalized spacial score (nSPS) is 12.4. The molecule has 0 heterocycles. The first-order chi connectivity index (χ1) is 8.56. The van der Waals surface area contributed by atoms with Gasteiger partial charge < -0.3 is 5.73 Å². The number of hydrogen-bond acceptors (Lipinski definition) is 1. The third kappa shape index (κ3) is 3.22. The summed E-state index contributed by atoms with van der Waals surface area (Å²) >= 11 is 11.8. The van der Waals surface area contributed by atoms with Gasteiger partial charge in [0.25, 0.3) is 0 Å². The summed E-state index contributed by atoms with van der Waals surface area (Å²) in [5.74, 6) is -0.263. The SMILES string of the molecule is NC(Cc1ccc(Cl)c(Cl)c1)c1ccc(F)cc1. The van der Waals surface area contributed by atoms with Gasteiger partial charge in [0.2, 0.25) is 0 Å². The van der Waals surface area contributed by atoms with Crippen molar-refractivity contribution in [1.82, 2.24) is 0 Å². The maximum atomic E-state index is 12.8. The van der Waals surface area contributed by atoms with E-state index in [4.69, 9.17) is 28.9 Å². The molecule has 1 unspecified atom stereocenters. The molecule has 18 heavy (non-hydrogen) atoms. The van der Waals surface area contributed by atoms with Crippen LogP contribution in [0.25, 0.3) is 0 Å². The lowest BCUT2D eigenvalue weighted by atomic mass is 10.00. The highest BCUT2D eigenvalue weighted by atomic mass is 35.5. The van der Waals surface area contributed by atoms with Crippen LogP contribution in [0.5, 0.6) is 0 Å². The van der Waals surface area contributed by atoms with Gasteiger partial charge in [0.15, 0.2) is 0 Å². The van der Waals surface area contributed by atoms with Gasteiger partial charge in [-0.3, -0.25) is 0 Å². The van der Waals surface area contributed by atoms with E-state index in [-0.39, 0.29) is 11.9 Å². The molecular weight excluding hydrogens is 272 g/mol. The highest BCUT2D eigenvalue weighted by Gasteiger charge is 2.08. The van der Waals surface area contributed by atoms with Crippen molar-refractivity contribution in [3.8, 4) is 0 Å². The molecule has 0 amide bonds. The zero-order chi connectivity index (χ0) is 13.1. The smallest absolute Gasteiger partial charge is 0.123 e. The van der Waals surface area contributed by atoms with Gasteiger partial charge in [-0.25, -0.2) is 4.39 Å². The second kappa shape index (κ2) is 5.70. The number of halogens is 3. The second-order valence-electron chi connectivity index (χ2n) is 4.11. The first-order valence-corrected chi connectivity index (χ1v) is 6.27. The highest BCUT2D eigenvalue weighted by molar-refractivity contribution is 6.42.